The van der Waals surface area contributed by atoms with Crippen molar-refractivity contribution in [2.45, 2.75) is 0 Å². The Morgan fingerprint density at radius 3 is 1.43 bits per heavy atom. The molecule has 0 saturated heterocycles. The Labute approximate surface area is 173 Å². The van der Waals surface area contributed by atoms with Gasteiger partial charge in [0.05, 0.1) is 11.1 Å². The lowest BCUT2D eigenvalue weighted by atomic mass is 9.86. The van der Waals surface area contributed by atoms with Gasteiger partial charge in [-0.05, 0) is 39.9 Å². The van der Waals surface area contributed by atoms with Crippen LogP contribution in [0.5, 0.6) is 0 Å². The summed E-state index contributed by atoms with van der Waals surface area (Å²) in [6, 6.07) is 29.3. The Balaban J connectivity index is 2.04. The minimum atomic E-state index is -1.17. The molecule has 0 aliphatic rings. The van der Waals surface area contributed by atoms with E-state index in [1.54, 1.807) is 12.1 Å². The molecule has 4 heteroatoms. The summed E-state index contributed by atoms with van der Waals surface area (Å²) in [7, 11) is 0. The van der Waals surface area contributed by atoms with Gasteiger partial charge in [-0.15, -0.1) is 0 Å². The smallest absolute Gasteiger partial charge is 0.336 e. The van der Waals surface area contributed by atoms with Crippen LogP contribution in [-0.2, 0) is 0 Å². The molecule has 0 radical (unpaired) electrons. The number of benzene rings is 4. The molecule has 2 N–H and O–H groups in total. The zero-order valence-corrected chi connectivity index (χ0v) is 15.9. The van der Waals surface area contributed by atoms with Crippen molar-refractivity contribution in [2.24, 2.45) is 0 Å². The first-order valence-electron chi connectivity index (χ1n) is 9.41. The van der Waals surface area contributed by atoms with Crippen LogP contribution in [0, 0.1) is 0 Å². The van der Waals surface area contributed by atoms with E-state index in [1.807, 2.05) is 66.7 Å². The molecule has 0 unspecified atom stereocenters. The molecule has 4 rings (SSSR count). The molecular formula is C26H18O4. The third kappa shape index (κ3) is 3.47. The first kappa shape index (κ1) is 19.2. The number of rotatable bonds is 5. The van der Waals surface area contributed by atoms with Gasteiger partial charge in [0.25, 0.3) is 0 Å². The van der Waals surface area contributed by atoms with Gasteiger partial charge in [-0.25, -0.2) is 9.59 Å². The van der Waals surface area contributed by atoms with Crippen molar-refractivity contribution in [1.82, 2.24) is 0 Å². The summed E-state index contributed by atoms with van der Waals surface area (Å²) in [5, 5.41) is 19.5. The first-order chi connectivity index (χ1) is 14.6. The van der Waals surface area contributed by atoms with E-state index < -0.39 is 11.9 Å². The summed E-state index contributed by atoms with van der Waals surface area (Å²) in [6.07, 6.45) is 0. The zero-order valence-electron chi connectivity index (χ0n) is 15.9. The molecule has 0 fully saturated rings. The predicted molar refractivity (Wildman–Crippen MR) is 117 cm³/mol. The third-order valence-corrected chi connectivity index (χ3v) is 5.02. The molecular weight excluding hydrogens is 376 g/mol. The van der Waals surface area contributed by atoms with Gasteiger partial charge >= 0.3 is 11.9 Å². The summed E-state index contributed by atoms with van der Waals surface area (Å²) < 4.78 is 0. The zero-order chi connectivity index (χ0) is 21.1. The molecule has 0 aromatic heterocycles. The highest BCUT2D eigenvalue weighted by atomic mass is 16.4. The monoisotopic (exact) mass is 394 g/mol. The normalized spacial score (nSPS) is 10.5. The fourth-order valence-electron chi connectivity index (χ4n) is 3.72. The molecule has 4 aromatic rings. The quantitative estimate of drug-likeness (QED) is 0.430. The molecule has 146 valence electrons. The lowest BCUT2D eigenvalue weighted by Gasteiger charge is -2.17. The first-order valence-corrected chi connectivity index (χ1v) is 9.41. The van der Waals surface area contributed by atoms with Gasteiger partial charge in [-0.1, -0.05) is 84.9 Å². The predicted octanol–water partition coefficient (Wildman–Crippen LogP) is 6.08. The molecule has 0 bridgehead atoms. The van der Waals surface area contributed by atoms with Crippen LogP contribution in [0.2, 0.25) is 0 Å². The van der Waals surface area contributed by atoms with Crippen molar-refractivity contribution in [3.8, 4) is 33.4 Å². The second-order valence-electron chi connectivity index (χ2n) is 6.80. The van der Waals surface area contributed by atoms with E-state index in [2.05, 4.69) is 0 Å². The maximum atomic E-state index is 11.9. The Kier molecular flexibility index (Phi) is 5.14. The summed E-state index contributed by atoms with van der Waals surface area (Å²) in [5.41, 5.74) is 4.36. The maximum Gasteiger partial charge on any atom is 0.336 e. The summed E-state index contributed by atoms with van der Waals surface area (Å²) in [4.78, 5) is 23.8. The van der Waals surface area contributed by atoms with Crippen molar-refractivity contribution in [3.05, 3.63) is 108 Å². The average molecular weight is 394 g/mol. The number of hydrogen-bond donors (Lipinski definition) is 2. The summed E-state index contributed by atoms with van der Waals surface area (Å²) in [6.45, 7) is 0. The van der Waals surface area contributed by atoms with Gasteiger partial charge in [0.2, 0.25) is 0 Å². The highest BCUT2D eigenvalue weighted by Gasteiger charge is 2.22. The fourth-order valence-corrected chi connectivity index (χ4v) is 3.72. The van der Waals surface area contributed by atoms with Crippen LogP contribution < -0.4 is 0 Å². The molecule has 4 nitrogen and oxygen atoms in total. The maximum absolute atomic E-state index is 11.9. The minimum Gasteiger partial charge on any atom is -0.478 e. The number of carboxylic acid groups (broad SMARTS) is 2. The fraction of sp³-hybridized carbons (Fsp3) is 0. The van der Waals surface area contributed by atoms with Crippen molar-refractivity contribution < 1.29 is 19.8 Å². The van der Waals surface area contributed by atoms with Gasteiger partial charge in [0.15, 0.2) is 0 Å². The molecule has 0 amide bonds. The Morgan fingerprint density at radius 1 is 0.467 bits per heavy atom. The van der Waals surface area contributed by atoms with Gasteiger partial charge in [0.1, 0.15) is 0 Å². The van der Waals surface area contributed by atoms with Crippen molar-refractivity contribution in [2.75, 3.05) is 0 Å². The largest absolute Gasteiger partial charge is 0.478 e. The standard InChI is InChI=1S/C26H18O4/c27-25(28)22-15-8-16-23(26(29)30)24(22)21-14-7-6-13-20(21)19-12-5-4-11-18(19)17-9-2-1-3-10-17/h1-16H,(H,27,28)(H,29,30). The highest BCUT2D eigenvalue weighted by molar-refractivity contribution is 6.07. The molecule has 0 spiro atoms. The van der Waals surface area contributed by atoms with E-state index in [0.29, 0.717) is 5.56 Å². The number of aromatic carboxylic acids is 2. The lowest BCUT2D eigenvalue weighted by Crippen LogP contribution is -2.07. The van der Waals surface area contributed by atoms with Crippen molar-refractivity contribution >= 4 is 11.9 Å². The van der Waals surface area contributed by atoms with Crippen molar-refractivity contribution in [3.63, 3.8) is 0 Å². The molecule has 0 saturated carbocycles. The van der Waals surface area contributed by atoms with Crippen LogP contribution in [0.15, 0.2) is 97.1 Å². The van der Waals surface area contributed by atoms with E-state index in [4.69, 9.17) is 0 Å². The van der Waals surface area contributed by atoms with Crippen LogP contribution in [0.1, 0.15) is 20.7 Å². The minimum absolute atomic E-state index is 0.0421. The van der Waals surface area contributed by atoms with Crippen LogP contribution in [0.25, 0.3) is 33.4 Å². The topological polar surface area (TPSA) is 74.6 Å². The Hall–Kier alpha value is -4.18. The molecule has 0 heterocycles. The third-order valence-electron chi connectivity index (χ3n) is 5.02. The number of carboxylic acids is 2. The van der Waals surface area contributed by atoms with Gasteiger partial charge in [0, 0.05) is 5.56 Å². The van der Waals surface area contributed by atoms with E-state index in [9.17, 15) is 19.8 Å². The van der Waals surface area contributed by atoms with Crippen LogP contribution in [0.4, 0.5) is 0 Å². The summed E-state index contributed by atoms with van der Waals surface area (Å²) >= 11 is 0. The molecule has 4 aromatic carbocycles. The van der Waals surface area contributed by atoms with E-state index >= 15 is 0 Å². The number of carbonyl (C=O) groups is 2. The van der Waals surface area contributed by atoms with Gasteiger partial charge < -0.3 is 10.2 Å². The molecule has 0 atom stereocenters. The van der Waals surface area contributed by atoms with Crippen LogP contribution in [0.3, 0.4) is 0 Å². The Morgan fingerprint density at radius 2 is 0.900 bits per heavy atom. The highest BCUT2D eigenvalue weighted by Crippen LogP contribution is 2.40. The lowest BCUT2D eigenvalue weighted by molar-refractivity contribution is 0.0696. The van der Waals surface area contributed by atoms with E-state index in [0.717, 1.165) is 22.3 Å². The van der Waals surface area contributed by atoms with Crippen LogP contribution in [-0.4, -0.2) is 22.2 Å². The molecule has 0 aliphatic heterocycles. The second kappa shape index (κ2) is 8.05. The second-order valence-corrected chi connectivity index (χ2v) is 6.80. The van der Waals surface area contributed by atoms with Crippen molar-refractivity contribution in [1.29, 1.82) is 0 Å². The van der Waals surface area contributed by atoms with Gasteiger partial charge in [-0.3, -0.25) is 0 Å². The summed E-state index contributed by atoms with van der Waals surface area (Å²) in [5.74, 6) is -2.33. The Bertz CT molecular complexity index is 1210. The van der Waals surface area contributed by atoms with E-state index in [-0.39, 0.29) is 16.7 Å². The van der Waals surface area contributed by atoms with Gasteiger partial charge in [-0.2, -0.15) is 0 Å². The molecule has 30 heavy (non-hydrogen) atoms. The number of hydrogen-bond acceptors (Lipinski definition) is 2. The molecule has 0 aliphatic carbocycles. The van der Waals surface area contributed by atoms with Crippen LogP contribution >= 0.6 is 0 Å². The SMILES string of the molecule is O=C(O)c1cccc(C(=O)O)c1-c1ccccc1-c1ccccc1-c1ccccc1. The average Bonchev–Trinajstić information content (AvgIpc) is 2.79. The van der Waals surface area contributed by atoms with E-state index in [1.165, 1.54) is 18.2 Å².